The van der Waals surface area contributed by atoms with Crippen LogP contribution in [0.5, 0.6) is 0 Å². The van der Waals surface area contributed by atoms with E-state index in [-0.39, 0.29) is 20.1 Å². The molecule has 1 radical (unpaired) electrons. The Morgan fingerprint density at radius 3 is 2.24 bits per heavy atom. The van der Waals surface area contributed by atoms with Gasteiger partial charge in [0.05, 0.1) is 11.3 Å². The van der Waals surface area contributed by atoms with Crippen molar-refractivity contribution in [2.75, 3.05) is 0 Å². The Bertz CT molecular complexity index is 1950. The molecule has 0 fully saturated rings. The quantitative estimate of drug-likeness (QED) is 0.135. The molecule has 3 aromatic heterocycles. The van der Waals surface area contributed by atoms with E-state index in [4.69, 9.17) is 4.98 Å². The van der Waals surface area contributed by atoms with Crippen molar-refractivity contribution in [2.24, 2.45) is 0 Å². The Labute approximate surface area is 259 Å². The van der Waals surface area contributed by atoms with E-state index in [2.05, 4.69) is 84.3 Å². The monoisotopic (exact) mass is 721 g/mol. The molecule has 0 N–H and O–H groups in total. The molecule has 0 saturated carbocycles. The van der Waals surface area contributed by atoms with Gasteiger partial charge in [0.2, 0.25) is 0 Å². The van der Waals surface area contributed by atoms with Crippen molar-refractivity contribution in [3.63, 3.8) is 0 Å². The average molecular weight is 721 g/mol. The Balaban J connectivity index is 0.000000189. The second-order valence-electron chi connectivity index (χ2n) is 9.96. The average Bonchev–Trinajstić information content (AvgIpc) is 3.04. The van der Waals surface area contributed by atoms with Gasteiger partial charge in [-0.25, -0.2) is 0 Å². The summed E-state index contributed by atoms with van der Waals surface area (Å²) in [7, 11) is 0. The van der Waals surface area contributed by atoms with Gasteiger partial charge in [-0.15, -0.1) is 65.7 Å². The molecule has 0 spiro atoms. The molecule has 3 heterocycles. The number of hydrogen-bond acceptors (Lipinski definition) is 4. The van der Waals surface area contributed by atoms with Gasteiger partial charge in [-0.1, -0.05) is 59.7 Å². The molecule has 0 unspecified atom stereocenters. The zero-order valence-electron chi connectivity index (χ0n) is 23.6. The SMILES string of the molecule is Cc1cc(-c2[c-]cccc2)nc(C)c1C.[Ir].[c-]1ccc(-c2cccnc2)cc1-c1ncc2ccc3ccccc3c2n1. The molecular formula is C37H28IrN4-2. The summed E-state index contributed by atoms with van der Waals surface area (Å²) in [5.41, 5.74) is 9.71. The van der Waals surface area contributed by atoms with Crippen LogP contribution < -0.4 is 0 Å². The molecule has 0 amide bonds. The summed E-state index contributed by atoms with van der Waals surface area (Å²) in [4.78, 5) is 18.2. The Kier molecular flexibility index (Phi) is 8.92. The molecule has 0 bridgehead atoms. The molecule has 0 aliphatic carbocycles. The third-order valence-electron chi connectivity index (χ3n) is 7.27. The van der Waals surface area contributed by atoms with Gasteiger partial charge >= 0.3 is 0 Å². The minimum atomic E-state index is 0. The van der Waals surface area contributed by atoms with Gasteiger partial charge < -0.3 is 4.98 Å². The van der Waals surface area contributed by atoms with Crippen LogP contribution in [0.3, 0.4) is 0 Å². The van der Waals surface area contributed by atoms with E-state index in [1.807, 2.05) is 73.1 Å². The van der Waals surface area contributed by atoms with Crippen molar-refractivity contribution < 1.29 is 20.1 Å². The van der Waals surface area contributed by atoms with Crippen LogP contribution in [0.25, 0.3) is 55.4 Å². The number of benzene rings is 4. The van der Waals surface area contributed by atoms with E-state index in [0.29, 0.717) is 5.82 Å². The third-order valence-corrected chi connectivity index (χ3v) is 7.27. The third kappa shape index (κ3) is 6.18. The fourth-order valence-corrected chi connectivity index (χ4v) is 4.79. The minimum absolute atomic E-state index is 0. The summed E-state index contributed by atoms with van der Waals surface area (Å²) in [5.74, 6) is 0.680. The first-order chi connectivity index (χ1) is 20.1. The van der Waals surface area contributed by atoms with Gasteiger partial charge in [-0.05, 0) is 49.0 Å². The second kappa shape index (κ2) is 12.9. The summed E-state index contributed by atoms with van der Waals surface area (Å²) >= 11 is 0. The summed E-state index contributed by atoms with van der Waals surface area (Å²) in [6.45, 7) is 6.28. The smallest absolute Gasteiger partial charge is 0.0756 e. The maximum atomic E-state index is 4.85. The summed E-state index contributed by atoms with van der Waals surface area (Å²) in [5, 5.41) is 3.35. The molecule has 7 aromatic rings. The molecule has 42 heavy (non-hydrogen) atoms. The Morgan fingerprint density at radius 2 is 1.45 bits per heavy atom. The van der Waals surface area contributed by atoms with Gasteiger partial charge in [0, 0.05) is 55.2 Å². The zero-order chi connectivity index (χ0) is 28.2. The summed E-state index contributed by atoms with van der Waals surface area (Å²) in [6.07, 6.45) is 5.51. The standard InChI is InChI=1S/C23H14N3.C14H14N.Ir/c1-2-9-21-16(5-1)10-11-20-15-25-23(26-22(20)21)18-7-3-6-17(13-18)19-8-4-12-24-14-19;1-10-9-14(15-12(3)11(10)2)13-7-5-4-6-8-13;/h1-6,8-15H;4-7,9H,1-3H3;/q2*-1;. The fraction of sp³-hybridized carbons (Fsp3) is 0.0811. The zero-order valence-corrected chi connectivity index (χ0v) is 26.0. The maximum Gasteiger partial charge on any atom is 0.0756 e. The molecule has 0 saturated heterocycles. The van der Waals surface area contributed by atoms with Crippen molar-refractivity contribution in [1.29, 1.82) is 0 Å². The Morgan fingerprint density at radius 1 is 0.643 bits per heavy atom. The predicted molar refractivity (Wildman–Crippen MR) is 167 cm³/mol. The van der Waals surface area contributed by atoms with Crippen LogP contribution in [0.1, 0.15) is 16.8 Å². The van der Waals surface area contributed by atoms with Gasteiger partial charge in [0.15, 0.2) is 0 Å². The van der Waals surface area contributed by atoms with E-state index in [9.17, 15) is 0 Å². The normalized spacial score (nSPS) is 10.5. The van der Waals surface area contributed by atoms with Crippen LogP contribution in [0, 0.1) is 32.9 Å². The molecule has 5 heteroatoms. The maximum absolute atomic E-state index is 4.85. The van der Waals surface area contributed by atoms with E-state index >= 15 is 0 Å². The van der Waals surface area contributed by atoms with E-state index in [1.165, 1.54) is 16.5 Å². The van der Waals surface area contributed by atoms with Crippen molar-refractivity contribution in [3.8, 4) is 33.8 Å². The largest absolute Gasteiger partial charge is 0.301 e. The van der Waals surface area contributed by atoms with Gasteiger partial charge in [0.1, 0.15) is 0 Å². The van der Waals surface area contributed by atoms with E-state index in [0.717, 1.165) is 49.9 Å². The predicted octanol–water partition coefficient (Wildman–Crippen LogP) is 8.78. The van der Waals surface area contributed by atoms with Crippen molar-refractivity contribution in [3.05, 3.63) is 145 Å². The van der Waals surface area contributed by atoms with Crippen LogP contribution in [-0.4, -0.2) is 19.9 Å². The molecule has 4 nitrogen and oxygen atoms in total. The molecule has 7 rings (SSSR count). The number of aromatic nitrogens is 4. The summed E-state index contributed by atoms with van der Waals surface area (Å²) in [6, 6.07) is 38.9. The minimum Gasteiger partial charge on any atom is -0.301 e. The number of hydrogen-bond donors (Lipinski definition) is 0. The van der Waals surface area contributed by atoms with E-state index in [1.54, 1.807) is 6.20 Å². The first-order valence-corrected chi connectivity index (χ1v) is 13.6. The molecule has 0 atom stereocenters. The van der Waals surface area contributed by atoms with Crippen LogP contribution >= 0.6 is 0 Å². The first-order valence-electron chi connectivity index (χ1n) is 13.6. The van der Waals surface area contributed by atoms with Crippen LogP contribution in [0.15, 0.2) is 116 Å². The first kappa shape index (κ1) is 28.9. The van der Waals surface area contributed by atoms with Crippen molar-refractivity contribution in [2.45, 2.75) is 20.8 Å². The number of aryl methyl sites for hydroxylation is 2. The number of rotatable bonds is 3. The van der Waals surface area contributed by atoms with Crippen LogP contribution in [0.2, 0.25) is 0 Å². The molecule has 0 aliphatic rings. The fourth-order valence-electron chi connectivity index (χ4n) is 4.79. The number of nitrogens with zero attached hydrogens (tertiary/aromatic N) is 4. The topological polar surface area (TPSA) is 51.6 Å². The van der Waals surface area contributed by atoms with E-state index < -0.39 is 0 Å². The number of fused-ring (bicyclic) bond motifs is 3. The van der Waals surface area contributed by atoms with Crippen LogP contribution in [-0.2, 0) is 20.1 Å². The van der Waals surface area contributed by atoms with Crippen molar-refractivity contribution in [1.82, 2.24) is 19.9 Å². The number of pyridine rings is 2. The molecule has 0 aliphatic heterocycles. The second-order valence-corrected chi connectivity index (χ2v) is 9.96. The van der Waals surface area contributed by atoms with Gasteiger partial charge in [-0.2, -0.15) is 0 Å². The Hall–Kier alpha value is -4.57. The van der Waals surface area contributed by atoms with Crippen molar-refractivity contribution >= 4 is 21.7 Å². The molecular weight excluding hydrogens is 693 g/mol. The van der Waals surface area contributed by atoms with Gasteiger partial charge in [-0.3, -0.25) is 15.0 Å². The molecule has 4 aromatic carbocycles. The molecule has 207 valence electrons. The van der Waals surface area contributed by atoms with Crippen LogP contribution in [0.4, 0.5) is 0 Å². The van der Waals surface area contributed by atoms with Gasteiger partial charge in [0.25, 0.3) is 0 Å². The summed E-state index contributed by atoms with van der Waals surface area (Å²) < 4.78 is 0.